The number of rotatable bonds is 8. The molecule has 1 aliphatic heterocycles. The number of nitrogens with one attached hydrogen (secondary N) is 1. The molecule has 0 saturated carbocycles. The molecule has 156 valence electrons. The second-order valence-corrected chi connectivity index (χ2v) is 6.54. The maximum atomic E-state index is 12.9. The van der Waals surface area contributed by atoms with Crippen LogP contribution in [0, 0.1) is 0 Å². The first-order chi connectivity index (χ1) is 14.4. The zero-order valence-corrected chi connectivity index (χ0v) is 17.2. The number of carboxylic acids is 1. The molecule has 1 amide bonds. The van der Waals surface area contributed by atoms with Crippen LogP contribution in [-0.2, 0) is 9.59 Å². The normalized spacial score (nSPS) is 14.6. The van der Waals surface area contributed by atoms with Crippen LogP contribution in [-0.4, -0.2) is 42.4 Å². The van der Waals surface area contributed by atoms with E-state index >= 15 is 0 Å². The average molecular weight is 428 g/mol. The number of ether oxygens (including phenoxy) is 3. The van der Waals surface area contributed by atoms with E-state index < -0.39 is 12.6 Å². The number of amides is 1. The van der Waals surface area contributed by atoms with Crippen molar-refractivity contribution in [2.45, 2.75) is 6.92 Å². The number of hydrogen-bond acceptors (Lipinski definition) is 6. The van der Waals surface area contributed by atoms with E-state index in [1.165, 1.54) is 4.90 Å². The molecule has 0 spiro atoms. The zero-order valence-electron chi connectivity index (χ0n) is 16.4. The quantitative estimate of drug-likeness (QED) is 0.489. The van der Waals surface area contributed by atoms with Crippen LogP contribution in [0.25, 0.3) is 6.08 Å². The lowest BCUT2D eigenvalue weighted by Crippen LogP contribution is -2.30. The SMILES string of the molecule is CCOc1cc(/C=C2\NC(=S)N(c3ccc(OC)cc3)C2=O)ccc1OCC(=O)O. The van der Waals surface area contributed by atoms with Gasteiger partial charge in [0.05, 0.1) is 19.4 Å². The van der Waals surface area contributed by atoms with E-state index in [0.29, 0.717) is 40.8 Å². The van der Waals surface area contributed by atoms with Crippen molar-refractivity contribution >= 4 is 41.0 Å². The largest absolute Gasteiger partial charge is 0.497 e. The Bertz CT molecular complexity index is 1000. The third-order valence-electron chi connectivity index (χ3n) is 4.14. The van der Waals surface area contributed by atoms with Crippen molar-refractivity contribution in [2.24, 2.45) is 0 Å². The molecular weight excluding hydrogens is 408 g/mol. The fourth-order valence-electron chi connectivity index (χ4n) is 2.81. The highest BCUT2D eigenvalue weighted by atomic mass is 32.1. The molecule has 30 heavy (non-hydrogen) atoms. The number of thiocarbonyl (C=S) groups is 1. The number of methoxy groups -OCH3 is 1. The minimum atomic E-state index is -1.09. The van der Waals surface area contributed by atoms with E-state index in [1.807, 2.05) is 0 Å². The summed E-state index contributed by atoms with van der Waals surface area (Å²) in [6.07, 6.45) is 1.64. The Kier molecular flexibility index (Phi) is 6.53. The van der Waals surface area contributed by atoms with Crippen LogP contribution in [0.5, 0.6) is 17.2 Å². The summed E-state index contributed by atoms with van der Waals surface area (Å²) in [6, 6.07) is 11.9. The molecule has 0 aliphatic carbocycles. The lowest BCUT2D eigenvalue weighted by atomic mass is 10.1. The number of benzene rings is 2. The summed E-state index contributed by atoms with van der Waals surface area (Å²) in [5, 5.41) is 12.0. The minimum absolute atomic E-state index is 0.267. The van der Waals surface area contributed by atoms with Crippen LogP contribution in [0.15, 0.2) is 48.2 Å². The van der Waals surface area contributed by atoms with Gasteiger partial charge in [0.2, 0.25) is 0 Å². The number of carbonyl (C=O) groups is 2. The van der Waals surface area contributed by atoms with Gasteiger partial charge in [0.1, 0.15) is 11.4 Å². The smallest absolute Gasteiger partial charge is 0.341 e. The molecule has 0 atom stereocenters. The topological polar surface area (TPSA) is 97.3 Å². The van der Waals surface area contributed by atoms with E-state index in [9.17, 15) is 9.59 Å². The Balaban J connectivity index is 1.85. The molecule has 0 radical (unpaired) electrons. The Morgan fingerprint density at radius 1 is 1.17 bits per heavy atom. The Morgan fingerprint density at radius 2 is 1.90 bits per heavy atom. The van der Waals surface area contributed by atoms with Crippen molar-refractivity contribution in [3.63, 3.8) is 0 Å². The predicted octanol–water partition coefficient (Wildman–Crippen LogP) is 2.82. The molecule has 3 rings (SSSR count). The van der Waals surface area contributed by atoms with Crippen molar-refractivity contribution in [1.82, 2.24) is 5.32 Å². The van der Waals surface area contributed by atoms with Crippen LogP contribution >= 0.6 is 12.2 Å². The summed E-state index contributed by atoms with van der Waals surface area (Å²) < 4.78 is 15.9. The van der Waals surface area contributed by atoms with Gasteiger partial charge in [0.15, 0.2) is 23.2 Å². The highest BCUT2D eigenvalue weighted by molar-refractivity contribution is 7.80. The van der Waals surface area contributed by atoms with Gasteiger partial charge in [-0.25, -0.2) is 4.79 Å². The zero-order chi connectivity index (χ0) is 21.7. The molecule has 0 aromatic heterocycles. The number of carboxylic acid groups (broad SMARTS) is 1. The first-order valence-corrected chi connectivity index (χ1v) is 9.46. The van der Waals surface area contributed by atoms with Crippen molar-refractivity contribution in [2.75, 3.05) is 25.2 Å². The second-order valence-electron chi connectivity index (χ2n) is 6.15. The molecule has 0 bridgehead atoms. The van der Waals surface area contributed by atoms with E-state index in [4.69, 9.17) is 31.5 Å². The maximum absolute atomic E-state index is 12.9. The summed E-state index contributed by atoms with van der Waals surface area (Å²) in [6.45, 7) is 1.70. The molecule has 8 nitrogen and oxygen atoms in total. The van der Waals surface area contributed by atoms with Gasteiger partial charge in [-0.05, 0) is 67.2 Å². The van der Waals surface area contributed by atoms with Gasteiger partial charge in [-0.3, -0.25) is 9.69 Å². The third-order valence-corrected chi connectivity index (χ3v) is 4.42. The highest BCUT2D eigenvalue weighted by Gasteiger charge is 2.32. The average Bonchev–Trinajstić information content (AvgIpc) is 3.00. The van der Waals surface area contributed by atoms with Gasteiger partial charge in [-0.15, -0.1) is 0 Å². The van der Waals surface area contributed by atoms with Crippen molar-refractivity contribution in [3.8, 4) is 17.2 Å². The molecule has 0 unspecified atom stereocenters. The van der Waals surface area contributed by atoms with Crippen LogP contribution < -0.4 is 24.4 Å². The first kappa shape index (κ1) is 21.1. The first-order valence-electron chi connectivity index (χ1n) is 9.05. The van der Waals surface area contributed by atoms with E-state index in [2.05, 4.69) is 5.32 Å². The van der Waals surface area contributed by atoms with Crippen LogP contribution in [0.4, 0.5) is 5.69 Å². The molecule has 1 heterocycles. The van der Waals surface area contributed by atoms with Crippen LogP contribution in [0.1, 0.15) is 12.5 Å². The summed E-state index contributed by atoms with van der Waals surface area (Å²) in [7, 11) is 1.57. The number of anilines is 1. The summed E-state index contributed by atoms with van der Waals surface area (Å²) in [5.41, 5.74) is 1.59. The number of aliphatic carboxylic acids is 1. The third kappa shape index (κ3) is 4.69. The Labute approximate surface area is 178 Å². The fraction of sp³-hybridized carbons (Fsp3) is 0.190. The molecule has 2 N–H and O–H groups in total. The molecule has 2 aromatic carbocycles. The summed E-state index contributed by atoms with van der Waals surface area (Å²) in [4.78, 5) is 25.0. The van der Waals surface area contributed by atoms with Gasteiger partial charge < -0.3 is 24.6 Å². The van der Waals surface area contributed by atoms with E-state index in [-0.39, 0.29) is 11.0 Å². The lowest BCUT2D eigenvalue weighted by Gasteiger charge is -2.14. The van der Waals surface area contributed by atoms with Gasteiger partial charge in [0.25, 0.3) is 5.91 Å². The lowest BCUT2D eigenvalue weighted by molar-refractivity contribution is -0.139. The molecule has 1 saturated heterocycles. The number of hydrogen-bond donors (Lipinski definition) is 2. The van der Waals surface area contributed by atoms with Crippen LogP contribution in [0.3, 0.4) is 0 Å². The van der Waals surface area contributed by atoms with Crippen molar-refractivity contribution < 1.29 is 28.9 Å². The van der Waals surface area contributed by atoms with E-state index in [0.717, 1.165) is 0 Å². The van der Waals surface area contributed by atoms with Gasteiger partial charge in [-0.1, -0.05) is 6.07 Å². The van der Waals surface area contributed by atoms with E-state index in [1.54, 1.807) is 62.6 Å². The molecule has 1 aliphatic rings. The molecule has 9 heteroatoms. The van der Waals surface area contributed by atoms with Crippen molar-refractivity contribution in [1.29, 1.82) is 0 Å². The summed E-state index contributed by atoms with van der Waals surface area (Å²) >= 11 is 5.32. The monoisotopic (exact) mass is 428 g/mol. The maximum Gasteiger partial charge on any atom is 0.341 e. The van der Waals surface area contributed by atoms with Gasteiger partial charge in [0, 0.05) is 0 Å². The molecular formula is C21H20N2O6S. The summed E-state index contributed by atoms with van der Waals surface area (Å²) in [5.74, 6) is -0.0184. The van der Waals surface area contributed by atoms with Gasteiger partial charge in [-0.2, -0.15) is 0 Å². The predicted molar refractivity (Wildman–Crippen MR) is 115 cm³/mol. The molecule has 1 fully saturated rings. The number of carbonyl (C=O) groups excluding carboxylic acids is 1. The van der Waals surface area contributed by atoms with Crippen LogP contribution in [0.2, 0.25) is 0 Å². The minimum Gasteiger partial charge on any atom is -0.497 e. The molecule has 2 aromatic rings. The van der Waals surface area contributed by atoms with Gasteiger partial charge >= 0.3 is 5.97 Å². The Hall–Kier alpha value is -3.59. The fourth-order valence-corrected chi connectivity index (χ4v) is 3.11. The standard InChI is InChI=1S/C21H20N2O6S/c1-3-28-18-11-13(4-9-17(18)29-12-19(24)25)10-16-20(26)23(21(30)22-16)14-5-7-15(27-2)8-6-14/h4-11H,3,12H2,1-2H3,(H,22,30)(H,24,25)/b16-10-. The second kappa shape index (κ2) is 9.27. The van der Waals surface area contributed by atoms with Crippen molar-refractivity contribution in [3.05, 3.63) is 53.7 Å². The number of nitrogens with zero attached hydrogens (tertiary/aromatic N) is 1. The Morgan fingerprint density at radius 3 is 2.53 bits per heavy atom. The highest BCUT2D eigenvalue weighted by Crippen LogP contribution is 2.30.